The van der Waals surface area contributed by atoms with E-state index in [0.29, 0.717) is 11.6 Å². The van der Waals surface area contributed by atoms with Crippen molar-refractivity contribution in [2.75, 3.05) is 5.43 Å². The summed E-state index contributed by atoms with van der Waals surface area (Å²) < 4.78 is 5.18. The van der Waals surface area contributed by atoms with Crippen molar-refractivity contribution < 1.29 is 4.42 Å². The fraction of sp³-hybridized carbons (Fsp3) is 0.0588. The fourth-order valence-corrected chi connectivity index (χ4v) is 2.39. The van der Waals surface area contributed by atoms with Gasteiger partial charge in [0.1, 0.15) is 11.3 Å². The number of furan rings is 1. The van der Waals surface area contributed by atoms with Crippen molar-refractivity contribution in [3.05, 3.63) is 54.0 Å². The molecule has 7 nitrogen and oxygen atoms in total. The molecule has 0 unspecified atom stereocenters. The minimum absolute atomic E-state index is 0.327. The quantitative estimate of drug-likeness (QED) is 0.444. The molecule has 0 saturated carbocycles. The first-order valence-electron chi connectivity index (χ1n) is 7.41. The summed E-state index contributed by atoms with van der Waals surface area (Å²) in [7, 11) is 0. The molecular weight excluding hydrogens is 304 g/mol. The number of hydrazone groups is 1. The van der Waals surface area contributed by atoms with E-state index in [-0.39, 0.29) is 0 Å². The number of aromatic nitrogens is 4. The zero-order chi connectivity index (χ0) is 16.4. The van der Waals surface area contributed by atoms with Gasteiger partial charge in [0.25, 0.3) is 5.95 Å². The van der Waals surface area contributed by atoms with Gasteiger partial charge in [0.2, 0.25) is 0 Å². The Morgan fingerprint density at radius 1 is 1.25 bits per heavy atom. The highest BCUT2D eigenvalue weighted by Gasteiger charge is 2.08. The monoisotopic (exact) mass is 318 g/mol. The Morgan fingerprint density at radius 2 is 2.21 bits per heavy atom. The van der Waals surface area contributed by atoms with Crippen molar-refractivity contribution >= 4 is 40.3 Å². The normalized spacial score (nSPS) is 12.0. The molecule has 118 valence electrons. The van der Waals surface area contributed by atoms with Gasteiger partial charge in [0.15, 0.2) is 5.65 Å². The topological polar surface area (TPSA) is 92.0 Å². The van der Waals surface area contributed by atoms with E-state index < -0.39 is 0 Å². The van der Waals surface area contributed by atoms with Crippen molar-refractivity contribution in [2.24, 2.45) is 5.10 Å². The van der Waals surface area contributed by atoms with E-state index in [1.807, 2.05) is 31.2 Å². The highest BCUT2D eigenvalue weighted by atomic mass is 16.3. The predicted octanol–water partition coefficient (Wildman–Crippen LogP) is 3.52. The molecule has 24 heavy (non-hydrogen) atoms. The van der Waals surface area contributed by atoms with E-state index in [4.69, 9.17) is 4.42 Å². The number of nitrogens with zero attached hydrogens (tertiary/aromatic N) is 4. The number of aromatic amines is 1. The molecule has 0 spiro atoms. The summed E-state index contributed by atoms with van der Waals surface area (Å²) in [6.45, 7) is 2.04. The van der Waals surface area contributed by atoms with Crippen LogP contribution in [-0.2, 0) is 0 Å². The summed E-state index contributed by atoms with van der Waals surface area (Å²) in [6.07, 6.45) is 6.76. The number of hydrogen-bond donors (Lipinski definition) is 2. The molecule has 0 saturated heterocycles. The third kappa shape index (κ3) is 2.74. The molecule has 0 atom stereocenters. The summed E-state index contributed by atoms with van der Waals surface area (Å²) in [4.78, 5) is 7.63. The van der Waals surface area contributed by atoms with Crippen LogP contribution in [0.15, 0.2) is 52.2 Å². The Labute approximate surface area is 137 Å². The first kappa shape index (κ1) is 14.1. The number of fused-ring (bicyclic) bond motifs is 3. The molecule has 3 aromatic heterocycles. The Morgan fingerprint density at radius 3 is 3.08 bits per heavy atom. The van der Waals surface area contributed by atoms with Gasteiger partial charge < -0.3 is 9.40 Å². The molecular formula is C17H14N6O. The first-order valence-corrected chi connectivity index (χ1v) is 7.41. The second-order valence-corrected chi connectivity index (χ2v) is 5.27. The average Bonchev–Trinajstić information content (AvgIpc) is 3.21. The number of H-pyrrole nitrogens is 1. The van der Waals surface area contributed by atoms with E-state index in [2.05, 4.69) is 36.8 Å². The molecule has 0 aliphatic rings. The molecule has 4 rings (SSSR count). The van der Waals surface area contributed by atoms with Crippen molar-refractivity contribution in [1.29, 1.82) is 0 Å². The lowest BCUT2D eigenvalue weighted by molar-refractivity contribution is 0.557. The van der Waals surface area contributed by atoms with Crippen molar-refractivity contribution in [2.45, 2.75) is 6.92 Å². The van der Waals surface area contributed by atoms with E-state index >= 15 is 0 Å². The zero-order valence-corrected chi connectivity index (χ0v) is 12.9. The predicted molar refractivity (Wildman–Crippen MR) is 93.8 cm³/mol. The van der Waals surface area contributed by atoms with Gasteiger partial charge in [-0.1, -0.05) is 11.6 Å². The van der Waals surface area contributed by atoms with Crippen LogP contribution in [-0.4, -0.2) is 26.4 Å². The molecule has 0 radical (unpaired) electrons. The molecule has 7 heteroatoms. The smallest absolute Gasteiger partial charge is 0.265 e. The second-order valence-electron chi connectivity index (χ2n) is 5.27. The van der Waals surface area contributed by atoms with Crippen LogP contribution in [0.5, 0.6) is 0 Å². The maximum atomic E-state index is 5.18. The molecule has 0 fully saturated rings. The van der Waals surface area contributed by atoms with Gasteiger partial charge in [-0.05, 0) is 43.3 Å². The van der Waals surface area contributed by atoms with E-state index in [9.17, 15) is 0 Å². The van der Waals surface area contributed by atoms with Crippen molar-refractivity contribution in [3.8, 4) is 0 Å². The number of anilines is 1. The largest absolute Gasteiger partial charge is 0.465 e. The Hall–Kier alpha value is -3.48. The van der Waals surface area contributed by atoms with Crippen molar-refractivity contribution in [1.82, 2.24) is 20.2 Å². The van der Waals surface area contributed by atoms with Gasteiger partial charge in [-0.15, -0.1) is 10.2 Å². The molecule has 0 aliphatic carbocycles. The number of nitrogens with one attached hydrogen (secondary N) is 2. The Balaban J connectivity index is 1.53. The molecule has 1 aromatic carbocycles. The zero-order valence-electron chi connectivity index (χ0n) is 12.9. The maximum absolute atomic E-state index is 5.18. The van der Waals surface area contributed by atoms with Crippen molar-refractivity contribution in [3.63, 3.8) is 0 Å². The lowest BCUT2D eigenvalue weighted by Gasteiger charge is -1.96. The van der Waals surface area contributed by atoms with Crippen LogP contribution < -0.4 is 5.43 Å². The summed E-state index contributed by atoms with van der Waals surface area (Å²) in [5.74, 6) is 1.09. The van der Waals surface area contributed by atoms with Gasteiger partial charge in [-0.25, -0.2) is 5.43 Å². The first-order chi connectivity index (χ1) is 11.8. The summed E-state index contributed by atoms with van der Waals surface area (Å²) in [6, 6.07) is 9.80. The lowest BCUT2D eigenvalue weighted by atomic mass is 10.2. The number of aryl methyl sites for hydroxylation is 1. The third-order valence-electron chi connectivity index (χ3n) is 3.50. The van der Waals surface area contributed by atoms with Gasteiger partial charge in [-0.3, -0.25) is 0 Å². The molecule has 3 heterocycles. The van der Waals surface area contributed by atoms with E-state index in [1.54, 1.807) is 24.6 Å². The summed E-state index contributed by atoms with van der Waals surface area (Å²) in [5, 5.41) is 13.3. The number of rotatable bonds is 4. The van der Waals surface area contributed by atoms with E-state index in [1.165, 1.54) is 5.56 Å². The summed E-state index contributed by atoms with van der Waals surface area (Å²) in [5.41, 5.74) is 6.33. The van der Waals surface area contributed by atoms with Gasteiger partial charge >= 0.3 is 0 Å². The second kappa shape index (κ2) is 5.96. The minimum Gasteiger partial charge on any atom is -0.465 e. The van der Waals surface area contributed by atoms with Crippen LogP contribution in [0.2, 0.25) is 0 Å². The SMILES string of the molecule is Cc1ccc2[nH]c3nc(N/N=C/C=C/c4ccco4)nnc3c2c1. The highest BCUT2D eigenvalue weighted by molar-refractivity contribution is 6.03. The average molecular weight is 318 g/mol. The van der Waals surface area contributed by atoms with Crippen LogP contribution in [0, 0.1) is 6.92 Å². The fourth-order valence-electron chi connectivity index (χ4n) is 2.39. The Kier molecular flexibility index (Phi) is 3.51. The van der Waals surface area contributed by atoms with Gasteiger partial charge in [0.05, 0.1) is 6.26 Å². The molecule has 0 bridgehead atoms. The van der Waals surface area contributed by atoms with Crippen LogP contribution in [0.4, 0.5) is 5.95 Å². The van der Waals surface area contributed by atoms with Crippen LogP contribution >= 0.6 is 0 Å². The van der Waals surface area contributed by atoms with Gasteiger partial charge in [0, 0.05) is 17.1 Å². The molecule has 0 aliphatic heterocycles. The molecule has 0 amide bonds. The number of allylic oxidation sites excluding steroid dienone is 1. The van der Waals surface area contributed by atoms with Crippen LogP contribution in [0.1, 0.15) is 11.3 Å². The number of hydrogen-bond acceptors (Lipinski definition) is 6. The maximum Gasteiger partial charge on any atom is 0.265 e. The van der Waals surface area contributed by atoms with E-state index in [0.717, 1.165) is 22.2 Å². The third-order valence-corrected chi connectivity index (χ3v) is 3.50. The lowest BCUT2D eigenvalue weighted by Crippen LogP contribution is -1.98. The number of benzene rings is 1. The molecule has 4 aromatic rings. The molecule has 2 N–H and O–H groups in total. The minimum atomic E-state index is 0.327. The highest BCUT2D eigenvalue weighted by Crippen LogP contribution is 2.23. The van der Waals surface area contributed by atoms with Gasteiger partial charge in [-0.2, -0.15) is 10.1 Å². The van der Waals surface area contributed by atoms with Crippen LogP contribution in [0.25, 0.3) is 28.1 Å². The van der Waals surface area contributed by atoms with Crippen LogP contribution in [0.3, 0.4) is 0 Å². The standard InChI is InChI=1S/C17H14N6O/c1-11-6-7-14-13(10-11)15-16(19-14)20-17(23-21-15)22-18-8-2-4-12-5-3-9-24-12/h2-10H,1H3,(H2,19,20,22,23)/b4-2+,18-8+. The summed E-state index contributed by atoms with van der Waals surface area (Å²) >= 11 is 0. The Bertz CT molecular complexity index is 1050.